The highest BCUT2D eigenvalue weighted by Gasteiger charge is 2.43. The third-order valence-electron chi connectivity index (χ3n) is 6.76. The minimum Gasteiger partial charge on any atom is -0.372 e. The van der Waals surface area contributed by atoms with Gasteiger partial charge in [-0.1, -0.05) is 0 Å². The minimum absolute atomic E-state index is 0.0948. The molecule has 0 aliphatic carbocycles. The van der Waals surface area contributed by atoms with Gasteiger partial charge < -0.3 is 15.5 Å². The van der Waals surface area contributed by atoms with E-state index in [2.05, 4.69) is 9.97 Å². The summed E-state index contributed by atoms with van der Waals surface area (Å²) in [6.45, 7) is 1.58. The van der Waals surface area contributed by atoms with Gasteiger partial charge in [-0.15, -0.1) is 0 Å². The summed E-state index contributed by atoms with van der Waals surface area (Å²) in [6.07, 6.45) is -0.563. The van der Waals surface area contributed by atoms with Crippen LogP contribution in [0.1, 0.15) is 34.5 Å². The number of primary amides is 1. The number of piperidine rings is 1. The summed E-state index contributed by atoms with van der Waals surface area (Å²) in [5, 5.41) is 9.01. The molecule has 1 aromatic heterocycles. The molecule has 2 aliphatic rings. The zero-order valence-electron chi connectivity index (χ0n) is 18.2. The van der Waals surface area contributed by atoms with Gasteiger partial charge in [0.1, 0.15) is 12.0 Å². The van der Waals surface area contributed by atoms with Crippen molar-refractivity contribution in [2.75, 3.05) is 31.1 Å². The van der Waals surface area contributed by atoms with E-state index >= 15 is 0 Å². The monoisotopic (exact) mass is 472 g/mol. The first-order chi connectivity index (χ1) is 16.2. The Balaban J connectivity index is 1.45. The summed E-state index contributed by atoms with van der Waals surface area (Å²) in [5.74, 6) is -1.28. The Morgan fingerprint density at radius 1 is 1.15 bits per heavy atom. The number of halogens is 3. The number of amides is 2. The lowest BCUT2D eigenvalue weighted by molar-refractivity contribution is -0.137. The maximum absolute atomic E-state index is 13.3. The highest BCUT2D eigenvalue weighted by molar-refractivity contribution is 5.93. The summed E-state index contributed by atoms with van der Waals surface area (Å²) < 4.78 is 40.0. The van der Waals surface area contributed by atoms with Gasteiger partial charge in [-0.2, -0.15) is 18.4 Å². The number of rotatable bonds is 4. The van der Waals surface area contributed by atoms with Crippen molar-refractivity contribution in [2.24, 2.45) is 23.5 Å². The molecule has 3 heterocycles. The number of carbonyl (C=O) groups excluding carboxylic acids is 2. The van der Waals surface area contributed by atoms with Gasteiger partial charge in [-0.3, -0.25) is 9.59 Å². The Labute approximate surface area is 194 Å². The molecule has 178 valence electrons. The van der Waals surface area contributed by atoms with Crippen LogP contribution in [0.5, 0.6) is 0 Å². The first-order valence-corrected chi connectivity index (χ1v) is 10.9. The van der Waals surface area contributed by atoms with E-state index in [1.165, 1.54) is 30.7 Å². The first-order valence-electron chi connectivity index (χ1n) is 10.9. The third kappa shape index (κ3) is 4.66. The molecule has 0 spiro atoms. The fourth-order valence-electron chi connectivity index (χ4n) is 5.00. The lowest BCUT2D eigenvalue weighted by atomic mass is 9.78. The molecule has 0 bridgehead atoms. The van der Waals surface area contributed by atoms with Crippen LogP contribution >= 0.6 is 0 Å². The van der Waals surface area contributed by atoms with E-state index in [0.717, 1.165) is 6.07 Å². The van der Waals surface area contributed by atoms with Gasteiger partial charge in [0.2, 0.25) is 5.91 Å². The van der Waals surface area contributed by atoms with Crippen molar-refractivity contribution in [2.45, 2.75) is 19.0 Å². The van der Waals surface area contributed by atoms with E-state index in [1.54, 1.807) is 11.0 Å². The van der Waals surface area contributed by atoms with Crippen molar-refractivity contribution in [1.29, 1.82) is 5.26 Å². The summed E-state index contributed by atoms with van der Waals surface area (Å²) in [4.78, 5) is 36.2. The molecule has 8 nitrogen and oxygen atoms in total. The van der Waals surface area contributed by atoms with Crippen molar-refractivity contribution in [3.63, 3.8) is 0 Å². The normalized spacial score (nSPS) is 21.4. The Bertz CT molecular complexity index is 1110. The largest absolute Gasteiger partial charge is 0.417 e. The van der Waals surface area contributed by atoms with Crippen molar-refractivity contribution in [3.8, 4) is 6.07 Å². The van der Waals surface area contributed by atoms with E-state index in [4.69, 9.17) is 11.0 Å². The van der Waals surface area contributed by atoms with Crippen LogP contribution < -0.4 is 10.6 Å². The number of aromatic nitrogens is 2. The molecule has 0 radical (unpaired) electrons. The van der Waals surface area contributed by atoms with E-state index in [0.29, 0.717) is 38.2 Å². The van der Waals surface area contributed by atoms with Crippen LogP contribution in [0, 0.1) is 29.1 Å². The van der Waals surface area contributed by atoms with Crippen molar-refractivity contribution in [1.82, 2.24) is 14.9 Å². The number of hydrogen-bond acceptors (Lipinski definition) is 6. The maximum atomic E-state index is 13.3. The van der Waals surface area contributed by atoms with E-state index in [1.807, 2.05) is 4.90 Å². The van der Waals surface area contributed by atoms with Crippen molar-refractivity contribution in [3.05, 3.63) is 53.6 Å². The zero-order valence-corrected chi connectivity index (χ0v) is 18.2. The fourth-order valence-corrected chi connectivity index (χ4v) is 5.00. The Morgan fingerprint density at radius 3 is 2.47 bits per heavy atom. The summed E-state index contributed by atoms with van der Waals surface area (Å²) in [5.41, 5.74) is 4.95. The van der Waals surface area contributed by atoms with Gasteiger partial charge in [0.15, 0.2) is 0 Å². The van der Waals surface area contributed by atoms with Crippen LogP contribution in [0.2, 0.25) is 0 Å². The molecule has 4 rings (SSSR count). The van der Waals surface area contributed by atoms with Gasteiger partial charge in [0.05, 0.1) is 23.1 Å². The average Bonchev–Trinajstić information content (AvgIpc) is 3.29. The average molecular weight is 472 g/mol. The topological polar surface area (TPSA) is 116 Å². The molecule has 11 heteroatoms. The number of anilines is 1. The molecule has 2 N–H and O–H groups in total. The molecule has 0 saturated carbocycles. The second kappa shape index (κ2) is 9.29. The molecule has 2 aromatic rings. The van der Waals surface area contributed by atoms with Crippen LogP contribution in [0.3, 0.4) is 0 Å². The number of hydrogen-bond donors (Lipinski definition) is 1. The third-order valence-corrected chi connectivity index (χ3v) is 6.76. The number of nitrogens with two attached hydrogens (primary N) is 1. The Kier molecular flexibility index (Phi) is 6.41. The van der Waals surface area contributed by atoms with Gasteiger partial charge >= 0.3 is 6.18 Å². The lowest BCUT2D eigenvalue weighted by Crippen LogP contribution is -2.40. The number of benzene rings is 1. The standard InChI is InChI=1S/C23H23F3N6O2/c24-23(25,26)19-9-16(2-1-15(19)10-27)31-7-4-14(5-8-31)17-11-32(12-18(17)21(28)33)22(34)20-3-6-29-13-30-20/h1-3,6,9,13-14,17-18H,4-5,7-8,11-12H2,(H2,28,33)/t17-,18+/m0/s1. The van der Waals surface area contributed by atoms with Gasteiger partial charge in [-0.05, 0) is 48.9 Å². The summed E-state index contributed by atoms with van der Waals surface area (Å²) in [7, 11) is 0. The lowest BCUT2D eigenvalue weighted by Gasteiger charge is -2.37. The molecule has 2 saturated heterocycles. The molecule has 2 fully saturated rings. The first kappa shape index (κ1) is 23.5. The maximum Gasteiger partial charge on any atom is 0.417 e. The van der Waals surface area contributed by atoms with Crippen LogP contribution in [0.15, 0.2) is 36.8 Å². The van der Waals surface area contributed by atoms with E-state index in [9.17, 15) is 22.8 Å². The predicted octanol–water partition coefficient (Wildman–Crippen LogP) is 2.46. The van der Waals surface area contributed by atoms with Crippen LogP contribution in [0.4, 0.5) is 18.9 Å². The number of carbonyl (C=O) groups is 2. The van der Waals surface area contributed by atoms with Gasteiger partial charge in [-0.25, -0.2) is 9.97 Å². The summed E-state index contributed by atoms with van der Waals surface area (Å²) >= 11 is 0. The van der Waals surface area contributed by atoms with Crippen molar-refractivity contribution < 1.29 is 22.8 Å². The number of nitrogens with zero attached hydrogens (tertiary/aromatic N) is 5. The van der Waals surface area contributed by atoms with E-state index in [-0.39, 0.29) is 30.0 Å². The SMILES string of the molecule is N#Cc1ccc(N2CCC([C@@H]3CN(C(=O)c4ccncn4)C[C@H]3C(N)=O)CC2)cc1C(F)(F)F. The van der Waals surface area contributed by atoms with Crippen LogP contribution in [0.25, 0.3) is 0 Å². The molecular weight excluding hydrogens is 449 g/mol. The molecule has 1 aromatic carbocycles. The smallest absolute Gasteiger partial charge is 0.372 e. The summed E-state index contributed by atoms with van der Waals surface area (Å²) in [6, 6.07) is 6.85. The molecule has 2 amide bonds. The molecular formula is C23H23F3N6O2. The molecule has 0 unspecified atom stereocenters. The molecule has 34 heavy (non-hydrogen) atoms. The van der Waals surface area contributed by atoms with E-state index < -0.39 is 29.1 Å². The second-order valence-corrected chi connectivity index (χ2v) is 8.64. The van der Waals surface area contributed by atoms with Gasteiger partial charge in [0.25, 0.3) is 5.91 Å². The quantitative estimate of drug-likeness (QED) is 0.731. The Hall–Kier alpha value is -3.68. The number of nitriles is 1. The minimum atomic E-state index is -4.61. The predicted molar refractivity (Wildman–Crippen MR) is 115 cm³/mol. The highest BCUT2D eigenvalue weighted by Crippen LogP contribution is 2.39. The zero-order chi connectivity index (χ0) is 24.5. The van der Waals surface area contributed by atoms with Gasteiger partial charge in [0, 0.05) is 38.1 Å². The second-order valence-electron chi connectivity index (χ2n) is 8.64. The fraction of sp³-hybridized carbons (Fsp3) is 0.435. The van der Waals surface area contributed by atoms with Crippen molar-refractivity contribution >= 4 is 17.5 Å². The molecule has 2 atom stereocenters. The van der Waals surface area contributed by atoms with Crippen LogP contribution in [-0.2, 0) is 11.0 Å². The highest BCUT2D eigenvalue weighted by atomic mass is 19.4. The Morgan fingerprint density at radius 2 is 1.88 bits per heavy atom. The number of alkyl halides is 3. The molecule has 2 aliphatic heterocycles. The van der Waals surface area contributed by atoms with Crippen LogP contribution in [-0.4, -0.2) is 52.9 Å². The number of likely N-dealkylation sites (tertiary alicyclic amines) is 1.